The molecule has 0 aromatic carbocycles. The molecular formula is C15H23N5OS. The van der Waals surface area contributed by atoms with Crippen molar-refractivity contribution >= 4 is 17.7 Å². The van der Waals surface area contributed by atoms with Gasteiger partial charge in [0.2, 0.25) is 5.95 Å². The van der Waals surface area contributed by atoms with Crippen molar-refractivity contribution in [3.63, 3.8) is 0 Å². The molecule has 0 radical (unpaired) electrons. The van der Waals surface area contributed by atoms with Gasteiger partial charge < -0.3 is 9.64 Å². The molecule has 6 nitrogen and oxygen atoms in total. The third-order valence-corrected chi connectivity index (χ3v) is 5.27. The lowest BCUT2D eigenvalue weighted by Crippen LogP contribution is -2.35. The molecule has 0 unspecified atom stereocenters. The summed E-state index contributed by atoms with van der Waals surface area (Å²) in [5, 5.41) is 18.4. The lowest BCUT2D eigenvalue weighted by Gasteiger charge is -2.31. The summed E-state index contributed by atoms with van der Waals surface area (Å²) in [5.41, 5.74) is 0. The summed E-state index contributed by atoms with van der Waals surface area (Å²) in [4.78, 5) is 2.33. The van der Waals surface area contributed by atoms with Crippen LogP contribution in [0.4, 0.5) is 5.95 Å². The number of rotatable bonds is 5. The Bertz CT molecular complexity index is 527. The molecule has 2 aliphatic rings. The van der Waals surface area contributed by atoms with Gasteiger partial charge in [-0.2, -0.15) is 5.26 Å². The Morgan fingerprint density at radius 2 is 2.14 bits per heavy atom. The van der Waals surface area contributed by atoms with Gasteiger partial charge in [0.05, 0.1) is 24.5 Å². The zero-order valence-electron chi connectivity index (χ0n) is 13.1. The van der Waals surface area contributed by atoms with Crippen molar-refractivity contribution in [2.45, 2.75) is 50.4 Å². The number of ether oxygens (including phenoxy) is 1. The topological polar surface area (TPSA) is 67.0 Å². The van der Waals surface area contributed by atoms with Gasteiger partial charge in [-0.05, 0) is 31.6 Å². The highest BCUT2D eigenvalue weighted by molar-refractivity contribution is 7.99. The molecule has 2 saturated heterocycles. The van der Waals surface area contributed by atoms with Gasteiger partial charge in [0.25, 0.3) is 0 Å². The van der Waals surface area contributed by atoms with Gasteiger partial charge >= 0.3 is 0 Å². The van der Waals surface area contributed by atoms with E-state index >= 15 is 0 Å². The van der Waals surface area contributed by atoms with Crippen LogP contribution in [0.5, 0.6) is 0 Å². The quantitative estimate of drug-likeness (QED) is 0.775. The zero-order valence-corrected chi connectivity index (χ0v) is 13.9. The van der Waals surface area contributed by atoms with E-state index in [4.69, 9.17) is 10.00 Å². The van der Waals surface area contributed by atoms with Gasteiger partial charge in [0.15, 0.2) is 5.16 Å². The van der Waals surface area contributed by atoms with Crippen molar-refractivity contribution in [2.24, 2.45) is 5.92 Å². The van der Waals surface area contributed by atoms with E-state index in [9.17, 15) is 0 Å². The Balaban J connectivity index is 1.78. The third-order valence-electron chi connectivity index (χ3n) is 4.44. The molecule has 2 fully saturated rings. The minimum Gasteiger partial charge on any atom is -0.376 e. The van der Waals surface area contributed by atoms with Crippen LogP contribution in [0, 0.1) is 17.2 Å². The monoisotopic (exact) mass is 321 g/mol. The van der Waals surface area contributed by atoms with E-state index in [-0.39, 0.29) is 6.10 Å². The van der Waals surface area contributed by atoms with Crippen LogP contribution in [-0.2, 0) is 11.3 Å². The fraction of sp³-hybridized carbons (Fsp3) is 0.800. The molecule has 0 amide bonds. The summed E-state index contributed by atoms with van der Waals surface area (Å²) >= 11 is 1.46. The minimum atomic E-state index is 0.250. The van der Waals surface area contributed by atoms with E-state index in [0.29, 0.717) is 5.75 Å². The maximum absolute atomic E-state index is 8.82. The van der Waals surface area contributed by atoms with E-state index in [2.05, 4.69) is 32.7 Å². The first kappa shape index (κ1) is 15.6. The largest absolute Gasteiger partial charge is 0.376 e. The lowest BCUT2D eigenvalue weighted by atomic mass is 10.00. The van der Waals surface area contributed by atoms with E-state index < -0.39 is 0 Å². The highest BCUT2D eigenvalue weighted by Gasteiger charge is 2.25. The summed E-state index contributed by atoms with van der Waals surface area (Å²) in [6.45, 7) is 6.02. The summed E-state index contributed by atoms with van der Waals surface area (Å²) in [6.07, 6.45) is 4.88. The van der Waals surface area contributed by atoms with Crippen LogP contribution >= 0.6 is 11.8 Å². The first-order valence-electron chi connectivity index (χ1n) is 8.07. The average molecular weight is 321 g/mol. The third kappa shape index (κ3) is 3.55. The van der Waals surface area contributed by atoms with Gasteiger partial charge in [0.1, 0.15) is 0 Å². The molecular weight excluding hydrogens is 298 g/mol. The maximum Gasteiger partial charge on any atom is 0.228 e. The van der Waals surface area contributed by atoms with Crippen molar-refractivity contribution in [1.82, 2.24) is 14.8 Å². The molecule has 0 aliphatic carbocycles. The van der Waals surface area contributed by atoms with Crippen LogP contribution in [0.1, 0.15) is 32.6 Å². The predicted molar refractivity (Wildman–Crippen MR) is 85.9 cm³/mol. The minimum absolute atomic E-state index is 0.250. The van der Waals surface area contributed by atoms with Crippen molar-refractivity contribution in [3.8, 4) is 6.07 Å². The van der Waals surface area contributed by atoms with Gasteiger partial charge in [-0.1, -0.05) is 18.7 Å². The normalized spacial score (nSPS) is 22.9. The SMILES string of the molecule is CC1CCN(c2nnc(SCC#N)n2C[C@@H]2CCCO2)CC1. The number of anilines is 1. The van der Waals surface area contributed by atoms with Crippen LogP contribution in [0.15, 0.2) is 5.16 Å². The highest BCUT2D eigenvalue weighted by atomic mass is 32.2. The van der Waals surface area contributed by atoms with Crippen LogP contribution < -0.4 is 4.90 Å². The van der Waals surface area contributed by atoms with Gasteiger partial charge in [0, 0.05) is 19.7 Å². The van der Waals surface area contributed by atoms with E-state index in [1.54, 1.807) is 0 Å². The van der Waals surface area contributed by atoms with E-state index in [1.807, 2.05) is 0 Å². The molecule has 1 atom stereocenters. The zero-order chi connectivity index (χ0) is 15.4. The van der Waals surface area contributed by atoms with E-state index in [1.165, 1.54) is 24.6 Å². The Kier molecular flexibility index (Phi) is 5.21. The molecule has 0 N–H and O–H groups in total. The fourth-order valence-electron chi connectivity index (χ4n) is 3.08. The second-order valence-electron chi connectivity index (χ2n) is 6.14. The first-order valence-corrected chi connectivity index (χ1v) is 9.06. The van der Waals surface area contributed by atoms with Crippen LogP contribution in [0.25, 0.3) is 0 Å². The number of hydrogen-bond acceptors (Lipinski definition) is 6. The Morgan fingerprint density at radius 3 is 2.82 bits per heavy atom. The molecule has 1 aromatic rings. The average Bonchev–Trinajstić information content (AvgIpc) is 3.17. The molecule has 7 heteroatoms. The fourth-order valence-corrected chi connectivity index (χ4v) is 3.68. The lowest BCUT2D eigenvalue weighted by molar-refractivity contribution is 0.0951. The van der Waals surface area contributed by atoms with Crippen molar-refractivity contribution in [1.29, 1.82) is 5.26 Å². The van der Waals surface area contributed by atoms with Gasteiger partial charge in [-0.25, -0.2) is 0 Å². The molecule has 3 rings (SSSR count). The van der Waals surface area contributed by atoms with E-state index in [0.717, 1.165) is 56.1 Å². The van der Waals surface area contributed by atoms with Crippen molar-refractivity contribution < 1.29 is 4.74 Å². The smallest absolute Gasteiger partial charge is 0.228 e. The number of piperidine rings is 1. The van der Waals surface area contributed by atoms with Gasteiger partial charge in [-0.3, -0.25) is 4.57 Å². The van der Waals surface area contributed by atoms with Crippen LogP contribution in [-0.4, -0.2) is 46.3 Å². The standard InChI is InChI=1S/C15H23N5OS/c1-12-4-7-19(8-5-12)14-17-18-15(22-10-6-16)20(14)11-13-3-2-9-21-13/h12-13H,2-5,7-11H2,1H3/t13-/m0/s1. The summed E-state index contributed by atoms with van der Waals surface area (Å²) in [7, 11) is 0. The number of thioether (sulfide) groups is 1. The molecule has 120 valence electrons. The molecule has 0 saturated carbocycles. The Labute approximate surface area is 135 Å². The van der Waals surface area contributed by atoms with Crippen molar-refractivity contribution in [2.75, 3.05) is 30.3 Å². The molecule has 0 spiro atoms. The number of nitrogens with zero attached hydrogens (tertiary/aromatic N) is 5. The Morgan fingerprint density at radius 1 is 1.32 bits per heavy atom. The Hall–Kier alpha value is -1.26. The molecule has 1 aromatic heterocycles. The summed E-state index contributed by atoms with van der Waals surface area (Å²) in [5.74, 6) is 2.14. The number of nitriles is 1. The number of aromatic nitrogens is 3. The van der Waals surface area contributed by atoms with Gasteiger partial charge in [-0.15, -0.1) is 10.2 Å². The summed E-state index contributed by atoms with van der Waals surface area (Å²) < 4.78 is 7.94. The van der Waals surface area contributed by atoms with Crippen LogP contribution in [0.3, 0.4) is 0 Å². The molecule has 22 heavy (non-hydrogen) atoms. The highest BCUT2D eigenvalue weighted by Crippen LogP contribution is 2.27. The van der Waals surface area contributed by atoms with Crippen LogP contribution in [0.2, 0.25) is 0 Å². The number of hydrogen-bond donors (Lipinski definition) is 0. The molecule has 2 aliphatic heterocycles. The first-order chi connectivity index (χ1) is 10.8. The summed E-state index contributed by atoms with van der Waals surface area (Å²) in [6, 6.07) is 2.17. The molecule has 0 bridgehead atoms. The molecule has 3 heterocycles. The second kappa shape index (κ2) is 7.34. The maximum atomic E-state index is 8.82. The van der Waals surface area contributed by atoms with Crippen molar-refractivity contribution in [3.05, 3.63) is 0 Å². The second-order valence-corrected chi connectivity index (χ2v) is 7.09. The predicted octanol–water partition coefficient (Wildman–Crippen LogP) is 2.31.